The third kappa shape index (κ3) is 4.36. The summed E-state index contributed by atoms with van der Waals surface area (Å²) in [5.74, 6) is 0.850. The molecule has 2 aromatic rings. The summed E-state index contributed by atoms with van der Waals surface area (Å²) in [5, 5.41) is 12.2. The molecule has 1 amide bonds. The van der Waals surface area contributed by atoms with Gasteiger partial charge >= 0.3 is 0 Å². The number of ether oxygens (including phenoxy) is 1. The molecule has 0 saturated carbocycles. The molecular weight excluding hydrogens is 302 g/mol. The van der Waals surface area contributed by atoms with Gasteiger partial charge in [-0.3, -0.25) is 4.79 Å². The number of hydrogen-bond acceptors (Lipinski definition) is 3. The molecule has 0 saturated heterocycles. The molecule has 4 heteroatoms. The molecule has 2 aromatic carbocycles. The summed E-state index contributed by atoms with van der Waals surface area (Å²) in [7, 11) is 1.62. The van der Waals surface area contributed by atoms with E-state index in [1.807, 2.05) is 56.3 Å². The smallest absolute Gasteiger partial charge is 0.251 e. The number of carbonyl (C=O) groups is 1. The zero-order chi connectivity index (χ0) is 17.5. The van der Waals surface area contributed by atoms with E-state index in [4.69, 9.17) is 9.84 Å². The summed E-state index contributed by atoms with van der Waals surface area (Å²) in [4.78, 5) is 12.6. The summed E-state index contributed by atoms with van der Waals surface area (Å²) < 4.78 is 5.43. The van der Waals surface area contributed by atoms with Crippen LogP contribution in [0.15, 0.2) is 48.5 Å². The minimum absolute atomic E-state index is 0.0511. The average molecular weight is 327 g/mol. The van der Waals surface area contributed by atoms with E-state index >= 15 is 0 Å². The molecule has 0 bridgehead atoms. The van der Waals surface area contributed by atoms with Crippen LogP contribution >= 0.6 is 0 Å². The minimum atomic E-state index is -0.137. The third-order valence-electron chi connectivity index (χ3n) is 4.11. The van der Waals surface area contributed by atoms with Gasteiger partial charge in [-0.25, -0.2) is 0 Å². The van der Waals surface area contributed by atoms with E-state index in [1.54, 1.807) is 13.2 Å². The lowest BCUT2D eigenvalue weighted by molar-refractivity contribution is 0.0916. The van der Waals surface area contributed by atoms with Gasteiger partial charge in [0.25, 0.3) is 5.91 Å². The minimum Gasteiger partial charge on any atom is -0.496 e. The van der Waals surface area contributed by atoms with Gasteiger partial charge in [-0.1, -0.05) is 44.2 Å². The number of amides is 1. The van der Waals surface area contributed by atoms with Crippen molar-refractivity contribution in [3.8, 4) is 16.9 Å². The molecule has 0 aromatic heterocycles. The molecule has 0 fully saturated rings. The maximum Gasteiger partial charge on any atom is 0.251 e. The Morgan fingerprint density at radius 2 is 1.88 bits per heavy atom. The number of methoxy groups -OCH3 is 1. The highest BCUT2D eigenvalue weighted by Gasteiger charge is 2.18. The van der Waals surface area contributed by atoms with Crippen molar-refractivity contribution in [2.45, 2.75) is 26.3 Å². The fraction of sp³-hybridized carbons (Fsp3) is 0.350. The molecule has 4 nitrogen and oxygen atoms in total. The maximum atomic E-state index is 12.6. The number of benzene rings is 2. The fourth-order valence-electron chi connectivity index (χ4n) is 2.66. The van der Waals surface area contributed by atoms with Crippen molar-refractivity contribution in [1.29, 1.82) is 0 Å². The second-order valence-corrected chi connectivity index (χ2v) is 6.12. The van der Waals surface area contributed by atoms with Gasteiger partial charge in [-0.2, -0.15) is 0 Å². The Hall–Kier alpha value is -2.33. The lowest BCUT2D eigenvalue weighted by Crippen LogP contribution is -2.39. The van der Waals surface area contributed by atoms with Gasteiger partial charge in [0, 0.05) is 23.8 Å². The largest absolute Gasteiger partial charge is 0.496 e. The second kappa shape index (κ2) is 8.50. The number of hydrogen-bond donors (Lipinski definition) is 2. The monoisotopic (exact) mass is 327 g/mol. The molecule has 0 heterocycles. The van der Waals surface area contributed by atoms with E-state index in [1.165, 1.54) is 0 Å². The first kappa shape index (κ1) is 18.0. The van der Waals surface area contributed by atoms with Crippen molar-refractivity contribution in [3.63, 3.8) is 0 Å². The van der Waals surface area contributed by atoms with E-state index in [9.17, 15) is 4.79 Å². The predicted octanol–water partition coefficient (Wildman–Crippen LogP) is 3.50. The number of nitrogens with one attached hydrogen (secondary N) is 1. The van der Waals surface area contributed by atoms with Gasteiger partial charge in [0.2, 0.25) is 0 Å². The number of aliphatic hydroxyl groups is 1. The summed E-state index contributed by atoms with van der Waals surface area (Å²) in [6.45, 7) is 4.12. The Labute approximate surface area is 143 Å². The maximum absolute atomic E-state index is 12.6. The molecule has 128 valence electrons. The standard InChI is InChI=1S/C20H25NO3/c1-14(2)18(11-12-22)21-20(23)16-9-10-19(24-3)17(13-16)15-7-5-4-6-8-15/h4-10,13-14,18,22H,11-12H2,1-3H3,(H,21,23). The first-order valence-electron chi connectivity index (χ1n) is 8.22. The van der Waals surface area contributed by atoms with Crippen molar-refractivity contribution in [2.24, 2.45) is 5.92 Å². The summed E-state index contributed by atoms with van der Waals surface area (Å²) >= 11 is 0. The molecule has 2 N–H and O–H groups in total. The molecule has 2 rings (SSSR count). The zero-order valence-electron chi connectivity index (χ0n) is 14.5. The molecule has 1 atom stereocenters. The van der Waals surface area contributed by atoms with Gasteiger partial charge < -0.3 is 15.2 Å². The van der Waals surface area contributed by atoms with Crippen molar-refractivity contribution in [2.75, 3.05) is 13.7 Å². The van der Waals surface area contributed by atoms with Crippen molar-refractivity contribution in [3.05, 3.63) is 54.1 Å². The molecule has 0 aliphatic heterocycles. The van der Waals surface area contributed by atoms with Crippen LogP contribution in [0.5, 0.6) is 5.75 Å². The van der Waals surface area contributed by atoms with Gasteiger partial charge in [0.05, 0.1) is 7.11 Å². The van der Waals surface area contributed by atoms with Gasteiger partial charge in [0.15, 0.2) is 0 Å². The van der Waals surface area contributed by atoms with Crippen molar-refractivity contribution < 1.29 is 14.6 Å². The highest BCUT2D eigenvalue weighted by Crippen LogP contribution is 2.30. The summed E-state index contributed by atoms with van der Waals surface area (Å²) in [6, 6.07) is 15.2. The number of carbonyl (C=O) groups excluding carboxylic acids is 1. The molecule has 24 heavy (non-hydrogen) atoms. The Kier molecular flexibility index (Phi) is 6.38. The van der Waals surface area contributed by atoms with E-state index < -0.39 is 0 Å². The Bertz CT molecular complexity index is 668. The van der Waals surface area contributed by atoms with Crippen LogP contribution in [-0.2, 0) is 0 Å². The van der Waals surface area contributed by atoms with Crippen molar-refractivity contribution in [1.82, 2.24) is 5.32 Å². The quantitative estimate of drug-likeness (QED) is 0.818. The fourth-order valence-corrected chi connectivity index (χ4v) is 2.66. The zero-order valence-corrected chi connectivity index (χ0v) is 14.5. The number of rotatable bonds is 7. The molecule has 0 aliphatic rings. The van der Waals surface area contributed by atoms with Crippen LogP contribution in [0, 0.1) is 5.92 Å². The van der Waals surface area contributed by atoms with Crippen LogP contribution in [0.4, 0.5) is 0 Å². The van der Waals surface area contributed by atoms with Crippen LogP contribution in [0.3, 0.4) is 0 Å². The average Bonchev–Trinajstić information content (AvgIpc) is 2.61. The van der Waals surface area contributed by atoms with Crippen LogP contribution in [0.1, 0.15) is 30.6 Å². The Balaban J connectivity index is 2.29. The topological polar surface area (TPSA) is 58.6 Å². The lowest BCUT2D eigenvalue weighted by atomic mass is 9.99. The summed E-state index contributed by atoms with van der Waals surface area (Å²) in [5.41, 5.74) is 2.46. The second-order valence-electron chi connectivity index (χ2n) is 6.12. The highest BCUT2D eigenvalue weighted by molar-refractivity contribution is 5.96. The van der Waals surface area contributed by atoms with E-state index in [0.29, 0.717) is 12.0 Å². The third-order valence-corrected chi connectivity index (χ3v) is 4.11. The van der Waals surface area contributed by atoms with Crippen LogP contribution < -0.4 is 10.1 Å². The molecule has 1 unspecified atom stereocenters. The van der Waals surface area contributed by atoms with E-state index in [0.717, 1.165) is 16.9 Å². The molecule has 0 spiro atoms. The Morgan fingerprint density at radius 1 is 1.17 bits per heavy atom. The van der Waals surface area contributed by atoms with Crippen LogP contribution in [-0.4, -0.2) is 30.8 Å². The SMILES string of the molecule is COc1ccc(C(=O)NC(CCO)C(C)C)cc1-c1ccccc1. The summed E-state index contributed by atoms with van der Waals surface area (Å²) in [6.07, 6.45) is 0.547. The molecule has 0 radical (unpaired) electrons. The molecular formula is C20H25NO3. The predicted molar refractivity (Wildman–Crippen MR) is 96.2 cm³/mol. The Morgan fingerprint density at radius 3 is 2.46 bits per heavy atom. The van der Waals surface area contributed by atoms with Gasteiger partial charge in [0.1, 0.15) is 5.75 Å². The molecule has 0 aliphatic carbocycles. The van der Waals surface area contributed by atoms with E-state index in [2.05, 4.69) is 5.32 Å². The van der Waals surface area contributed by atoms with Crippen LogP contribution in [0.25, 0.3) is 11.1 Å². The number of aliphatic hydroxyl groups excluding tert-OH is 1. The first-order valence-corrected chi connectivity index (χ1v) is 8.22. The van der Waals surface area contributed by atoms with Gasteiger partial charge in [-0.05, 0) is 36.1 Å². The normalized spacial score (nSPS) is 12.0. The van der Waals surface area contributed by atoms with Crippen LogP contribution in [0.2, 0.25) is 0 Å². The highest BCUT2D eigenvalue weighted by atomic mass is 16.5. The van der Waals surface area contributed by atoms with Gasteiger partial charge in [-0.15, -0.1) is 0 Å². The van der Waals surface area contributed by atoms with Crippen molar-refractivity contribution >= 4 is 5.91 Å². The first-order chi connectivity index (χ1) is 11.6. The lowest BCUT2D eigenvalue weighted by Gasteiger charge is -2.22. The van der Waals surface area contributed by atoms with E-state index in [-0.39, 0.29) is 24.5 Å².